The summed E-state index contributed by atoms with van der Waals surface area (Å²) in [6.07, 6.45) is 3.21. The summed E-state index contributed by atoms with van der Waals surface area (Å²) in [4.78, 5) is 18.3. The molecule has 2 atom stereocenters. The quantitative estimate of drug-likeness (QED) is 0.846. The minimum Gasteiger partial charge on any atom is -0.395 e. The number of aliphatic hydroxyl groups is 1. The molecule has 2 rings (SSSR count). The van der Waals surface area contributed by atoms with Crippen LogP contribution in [0, 0.1) is 23.7 Å². The van der Waals surface area contributed by atoms with Gasteiger partial charge >= 0.3 is 0 Å². The Morgan fingerprint density at radius 1 is 1.60 bits per heavy atom. The van der Waals surface area contributed by atoms with Gasteiger partial charge in [0.05, 0.1) is 12.2 Å². The number of hydrogen-bond acceptors (Lipinski definition) is 3. The Balaban J connectivity index is 2.10. The van der Waals surface area contributed by atoms with Crippen LogP contribution in [0.15, 0.2) is 18.3 Å². The second-order valence-electron chi connectivity index (χ2n) is 5.33. The van der Waals surface area contributed by atoms with Gasteiger partial charge in [0.15, 0.2) is 0 Å². The number of carbonyl (C=O) groups is 1. The van der Waals surface area contributed by atoms with Crippen LogP contribution < -0.4 is 0 Å². The van der Waals surface area contributed by atoms with Crippen LogP contribution in [0.2, 0.25) is 0 Å². The van der Waals surface area contributed by atoms with Gasteiger partial charge in [0, 0.05) is 26.2 Å². The number of pyridine rings is 1. The van der Waals surface area contributed by atoms with Crippen LogP contribution in [-0.2, 0) is 0 Å². The van der Waals surface area contributed by atoms with Gasteiger partial charge in [0.1, 0.15) is 5.69 Å². The molecule has 0 saturated heterocycles. The Morgan fingerprint density at radius 2 is 2.35 bits per heavy atom. The fourth-order valence-corrected chi connectivity index (χ4v) is 2.16. The van der Waals surface area contributed by atoms with Crippen LogP contribution in [-0.4, -0.2) is 41.1 Å². The van der Waals surface area contributed by atoms with Crippen molar-refractivity contribution in [1.82, 2.24) is 9.88 Å². The van der Waals surface area contributed by atoms with E-state index in [4.69, 9.17) is 5.11 Å². The molecule has 1 aromatic heterocycles. The first-order chi connectivity index (χ1) is 9.63. The lowest BCUT2D eigenvalue weighted by Crippen LogP contribution is -2.30. The monoisotopic (exact) mass is 272 g/mol. The molecule has 1 amide bonds. The third kappa shape index (κ3) is 3.58. The van der Waals surface area contributed by atoms with E-state index in [9.17, 15) is 4.79 Å². The summed E-state index contributed by atoms with van der Waals surface area (Å²) in [6, 6.07) is 3.56. The van der Waals surface area contributed by atoms with Gasteiger partial charge in [0.25, 0.3) is 5.91 Å². The number of hydrogen-bond donors (Lipinski definition) is 1. The minimum absolute atomic E-state index is 0.0238. The molecule has 1 aromatic rings. The molecule has 4 heteroatoms. The van der Waals surface area contributed by atoms with Gasteiger partial charge < -0.3 is 10.0 Å². The van der Waals surface area contributed by atoms with E-state index in [1.165, 1.54) is 6.42 Å². The molecular weight excluding hydrogens is 252 g/mol. The maximum Gasteiger partial charge on any atom is 0.273 e. The van der Waals surface area contributed by atoms with E-state index in [-0.39, 0.29) is 12.5 Å². The van der Waals surface area contributed by atoms with E-state index in [0.29, 0.717) is 23.6 Å². The van der Waals surface area contributed by atoms with Crippen molar-refractivity contribution in [2.75, 3.05) is 20.2 Å². The largest absolute Gasteiger partial charge is 0.395 e. The molecular formula is C16H20N2O2. The summed E-state index contributed by atoms with van der Waals surface area (Å²) in [6.45, 7) is 3.01. The zero-order valence-electron chi connectivity index (χ0n) is 12.0. The Bertz CT molecular complexity index is 545. The number of nitrogens with zero attached hydrogens (tertiary/aromatic N) is 2. The molecule has 0 radical (unpaired) electrons. The summed E-state index contributed by atoms with van der Waals surface area (Å²) in [5, 5.41) is 8.75. The third-order valence-corrected chi connectivity index (χ3v) is 3.60. The topological polar surface area (TPSA) is 53.4 Å². The van der Waals surface area contributed by atoms with Crippen molar-refractivity contribution in [3.05, 3.63) is 29.6 Å². The van der Waals surface area contributed by atoms with Crippen LogP contribution in [0.1, 0.15) is 35.8 Å². The first-order valence-corrected chi connectivity index (χ1v) is 6.93. The minimum atomic E-state index is -0.0852. The molecule has 2 unspecified atom stereocenters. The van der Waals surface area contributed by atoms with E-state index in [2.05, 4.69) is 23.7 Å². The van der Waals surface area contributed by atoms with Crippen molar-refractivity contribution < 1.29 is 9.90 Å². The highest BCUT2D eigenvalue weighted by Gasteiger charge is 2.34. The standard InChI is InChI=1S/C16H20N2O2/c1-12-10-14(12)11-18(2)16(20)15-13(6-3-4-9-19)7-5-8-17-15/h5,7-8,12,14,19H,4,9-11H2,1-2H3. The molecule has 0 bridgehead atoms. The van der Waals surface area contributed by atoms with Crippen LogP contribution in [0.4, 0.5) is 0 Å². The van der Waals surface area contributed by atoms with E-state index in [1.54, 1.807) is 23.2 Å². The number of aromatic nitrogens is 1. The highest BCUT2D eigenvalue weighted by atomic mass is 16.2. The predicted octanol–water partition coefficient (Wildman–Crippen LogP) is 1.54. The summed E-state index contributed by atoms with van der Waals surface area (Å²) in [7, 11) is 1.81. The van der Waals surface area contributed by atoms with Gasteiger partial charge in [0.2, 0.25) is 0 Å². The third-order valence-electron chi connectivity index (χ3n) is 3.60. The molecule has 0 aliphatic heterocycles. The van der Waals surface area contributed by atoms with E-state index in [1.807, 2.05) is 7.05 Å². The van der Waals surface area contributed by atoms with Crippen molar-refractivity contribution in [2.24, 2.45) is 11.8 Å². The Morgan fingerprint density at radius 3 is 3.00 bits per heavy atom. The Labute approximate surface area is 119 Å². The maximum atomic E-state index is 12.4. The van der Waals surface area contributed by atoms with Crippen molar-refractivity contribution in [3.63, 3.8) is 0 Å². The van der Waals surface area contributed by atoms with Gasteiger partial charge in [-0.3, -0.25) is 4.79 Å². The van der Waals surface area contributed by atoms with Crippen molar-refractivity contribution in [2.45, 2.75) is 19.8 Å². The fraction of sp³-hybridized carbons (Fsp3) is 0.500. The van der Waals surface area contributed by atoms with E-state index < -0.39 is 0 Å². The Hall–Kier alpha value is -1.86. The second kappa shape index (κ2) is 6.53. The normalized spacial score (nSPS) is 19.9. The molecule has 1 aliphatic rings. The van der Waals surface area contributed by atoms with Crippen LogP contribution in [0.3, 0.4) is 0 Å². The van der Waals surface area contributed by atoms with E-state index in [0.717, 1.165) is 12.5 Å². The molecule has 1 saturated carbocycles. The second-order valence-corrected chi connectivity index (χ2v) is 5.33. The molecule has 4 nitrogen and oxygen atoms in total. The zero-order chi connectivity index (χ0) is 14.5. The highest BCUT2D eigenvalue weighted by Crippen LogP contribution is 2.38. The van der Waals surface area contributed by atoms with Crippen molar-refractivity contribution in [3.8, 4) is 11.8 Å². The number of aliphatic hydroxyl groups excluding tert-OH is 1. The fourth-order valence-electron chi connectivity index (χ4n) is 2.16. The van der Waals surface area contributed by atoms with Gasteiger partial charge in [-0.15, -0.1) is 0 Å². The molecule has 106 valence electrons. The molecule has 0 aromatic carbocycles. The number of carbonyl (C=O) groups excluding carboxylic acids is 1. The lowest BCUT2D eigenvalue weighted by molar-refractivity contribution is 0.0781. The SMILES string of the molecule is CC1CC1CN(C)C(=O)c1ncccc1C#CCCO. The van der Waals surface area contributed by atoms with Crippen LogP contribution >= 0.6 is 0 Å². The summed E-state index contributed by atoms with van der Waals surface area (Å²) in [5.41, 5.74) is 1.02. The lowest BCUT2D eigenvalue weighted by Gasteiger charge is -2.17. The predicted molar refractivity (Wildman–Crippen MR) is 77.0 cm³/mol. The van der Waals surface area contributed by atoms with Crippen molar-refractivity contribution >= 4 is 5.91 Å². The van der Waals surface area contributed by atoms with Gasteiger partial charge in [-0.05, 0) is 30.4 Å². The first-order valence-electron chi connectivity index (χ1n) is 6.93. The van der Waals surface area contributed by atoms with Gasteiger partial charge in [-0.2, -0.15) is 0 Å². The van der Waals surface area contributed by atoms with Gasteiger partial charge in [-0.1, -0.05) is 18.8 Å². The average molecular weight is 272 g/mol. The zero-order valence-corrected chi connectivity index (χ0v) is 12.0. The summed E-state index contributed by atoms with van der Waals surface area (Å²) >= 11 is 0. The van der Waals surface area contributed by atoms with Gasteiger partial charge in [-0.25, -0.2) is 4.98 Å². The highest BCUT2D eigenvalue weighted by molar-refractivity contribution is 5.94. The van der Waals surface area contributed by atoms with Crippen LogP contribution in [0.25, 0.3) is 0 Å². The Kier molecular flexibility index (Phi) is 4.75. The molecule has 1 fully saturated rings. The molecule has 1 heterocycles. The molecule has 1 aliphatic carbocycles. The molecule has 20 heavy (non-hydrogen) atoms. The number of rotatable bonds is 4. The van der Waals surface area contributed by atoms with Crippen molar-refractivity contribution in [1.29, 1.82) is 0 Å². The summed E-state index contributed by atoms with van der Waals surface area (Å²) < 4.78 is 0. The molecule has 0 spiro atoms. The number of amides is 1. The average Bonchev–Trinajstić information content (AvgIpc) is 3.14. The maximum absolute atomic E-state index is 12.4. The van der Waals surface area contributed by atoms with Crippen LogP contribution in [0.5, 0.6) is 0 Å². The summed E-state index contributed by atoms with van der Waals surface area (Å²) in [5.74, 6) is 7.00. The molecule has 1 N–H and O–H groups in total. The van der Waals surface area contributed by atoms with E-state index >= 15 is 0 Å². The smallest absolute Gasteiger partial charge is 0.273 e. The first kappa shape index (κ1) is 14.5. The lowest BCUT2D eigenvalue weighted by atomic mass is 10.1.